The molecule has 0 unspecified atom stereocenters. The van der Waals surface area contributed by atoms with Crippen molar-refractivity contribution in [1.82, 2.24) is 15.1 Å². The van der Waals surface area contributed by atoms with Gasteiger partial charge >= 0.3 is 0 Å². The highest BCUT2D eigenvalue weighted by Crippen LogP contribution is 2.16. The molecule has 0 saturated heterocycles. The van der Waals surface area contributed by atoms with Gasteiger partial charge in [0.1, 0.15) is 5.75 Å². The number of rotatable bonds is 5. The highest BCUT2D eigenvalue weighted by Gasteiger charge is 2.08. The van der Waals surface area contributed by atoms with E-state index in [-0.39, 0.29) is 6.61 Å². The Morgan fingerprint density at radius 2 is 2.10 bits per heavy atom. The molecule has 0 atom stereocenters. The number of ether oxygens (including phenoxy) is 1. The third-order valence-corrected chi connectivity index (χ3v) is 2.80. The van der Waals surface area contributed by atoms with Gasteiger partial charge in [0.25, 0.3) is 5.89 Å². The number of nitrogen functional groups attached to an aromatic ring is 1. The van der Waals surface area contributed by atoms with Crippen LogP contribution in [0.25, 0.3) is 0 Å². The number of hydrogen-bond donors (Lipinski definition) is 1. The van der Waals surface area contributed by atoms with Gasteiger partial charge in [0.2, 0.25) is 0 Å². The Kier molecular flexibility index (Phi) is 3.77. The molecule has 6 nitrogen and oxygen atoms in total. The molecule has 0 fully saturated rings. The van der Waals surface area contributed by atoms with Gasteiger partial charge in [0, 0.05) is 23.6 Å². The van der Waals surface area contributed by atoms with Crippen LogP contribution < -0.4 is 10.5 Å². The molecule has 1 aromatic carbocycles. The molecule has 3 aromatic rings. The van der Waals surface area contributed by atoms with Crippen molar-refractivity contribution >= 4 is 5.69 Å². The SMILES string of the molecule is Nc1cccc(OCc2nc(Cc3ccccn3)no2)c1. The van der Waals surface area contributed by atoms with E-state index in [0.717, 1.165) is 5.69 Å². The second-order valence-corrected chi connectivity index (χ2v) is 4.46. The summed E-state index contributed by atoms with van der Waals surface area (Å²) >= 11 is 0. The molecule has 0 bridgehead atoms. The van der Waals surface area contributed by atoms with Gasteiger partial charge in [-0.2, -0.15) is 4.98 Å². The van der Waals surface area contributed by atoms with Crippen molar-refractivity contribution in [2.75, 3.05) is 5.73 Å². The number of benzene rings is 1. The summed E-state index contributed by atoms with van der Waals surface area (Å²) in [6.07, 6.45) is 2.27. The third-order valence-electron chi connectivity index (χ3n) is 2.80. The Labute approximate surface area is 121 Å². The van der Waals surface area contributed by atoms with Crippen molar-refractivity contribution in [2.24, 2.45) is 0 Å². The van der Waals surface area contributed by atoms with Crippen LogP contribution in [0.2, 0.25) is 0 Å². The van der Waals surface area contributed by atoms with Crippen LogP contribution in [-0.2, 0) is 13.0 Å². The average molecular weight is 282 g/mol. The lowest BCUT2D eigenvalue weighted by molar-refractivity contribution is 0.242. The van der Waals surface area contributed by atoms with Crippen LogP contribution in [0, 0.1) is 0 Å². The summed E-state index contributed by atoms with van der Waals surface area (Å²) in [6.45, 7) is 0.207. The van der Waals surface area contributed by atoms with Crippen LogP contribution in [0.4, 0.5) is 5.69 Å². The van der Waals surface area contributed by atoms with Gasteiger partial charge in [0.15, 0.2) is 12.4 Å². The summed E-state index contributed by atoms with van der Waals surface area (Å²) in [5.74, 6) is 1.67. The molecule has 0 amide bonds. The summed E-state index contributed by atoms with van der Waals surface area (Å²) in [6, 6.07) is 12.9. The Morgan fingerprint density at radius 3 is 2.90 bits per heavy atom. The Hall–Kier alpha value is -2.89. The van der Waals surface area contributed by atoms with Gasteiger partial charge in [-0.15, -0.1) is 0 Å². The molecule has 2 aromatic heterocycles. The lowest BCUT2D eigenvalue weighted by Crippen LogP contribution is -1.98. The second-order valence-electron chi connectivity index (χ2n) is 4.46. The molecule has 0 aliphatic heterocycles. The Bertz CT molecular complexity index is 712. The molecule has 0 spiro atoms. The maximum atomic E-state index is 5.68. The lowest BCUT2D eigenvalue weighted by Gasteiger charge is -2.03. The van der Waals surface area contributed by atoms with Crippen molar-refractivity contribution in [2.45, 2.75) is 13.0 Å². The number of nitrogens with zero attached hydrogens (tertiary/aromatic N) is 3. The number of aromatic nitrogens is 3. The molecule has 3 rings (SSSR count). The molecule has 0 aliphatic carbocycles. The van der Waals surface area contributed by atoms with Crippen molar-refractivity contribution in [3.63, 3.8) is 0 Å². The van der Waals surface area contributed by atoms with E-state index in [1.807, 2.05) is 30.3 Å². The van der Waals surface area contributed by atoms with E-state index in [9.17, 15) is 0 Å². The second kappa shape index (κ2) is 6.04. The quantitative estimate of drug-likeness (QED) is 0.722. The predicted molar refractivity (Wildman–Crippen MR) is 76.5 cm³/mol. The predicted octanol–water partition coefficient (Wildman–Crippen LogP) is 2.22. The molecule has 0 radical (unpaired) electrons. The fraction of sp³-hybridized carbons (Fsp3) is 0.133. The smallest absolute Gasteiger partial charge is 0.264 e. The Balaban J connectivity index is 1.60. The van der Waals surface area contributed by atoms with Gasteiger partial charge in [-0.1, -0.05) is 17.3 Å². The average Bonchev–Trinajstić information content (AvgIpc) is 2.94. The maximum Gasteiger partial charge on any atom is 0.264 e. The van der Waals surface area contributed by atoms with Crippen LogP contribution >= 0.6 is 0 Å². The van der Waals surface area contributed by atoms with E-state index >= 15 is 0 Å². The molecule has 2 N–H and O–H groups in total. The molecule has 0 aliphatic rings. The minimum Gasteiger partial charge on any atom is -0.484 e. The lowest BCUT2D eigenvalue weighted by atomic mass is 10.3. The molecule has 0 saturated carbocycles. The van der Waals surface area contributed by atoms with Crippen LogP contribution in [0.5, 0.6) is 5.75 Å². The number of hydrogen-bond acceptors (Lipinski definition) is 6. The van der Waals surface area contributed by atoms with E-state index in [0.29, 0.717) is 29.6 Å². The van der Waals surface area contributed by atoms with E-state index in [4.69, 9.17) is 15.0 Å². The topological polar surface area (TPSA) is 87.1 Å². The van der Waals surface area contributed by atoms with Gasteiger partial charge in [-0.25, -0.2) is 0 Å². The van der Waals surface area contributed by atoms with Crippen molar-refractivity contribution in [3.8, 4) is 5.75 Å². The minimum absolute atomic E-state index is 0.207. The zero-order valence-corrected chi connectivity index (χ0v) is 11.3. The van der Waals surface area contributed by atoms with E-state index < -0.39 is 0 Å². The highest BCUT2D eigenvalue weighted by molar-refractivity contribution is 5.43. The Morgan fingerprint density at radius 1 is 1.14 bits per heavy atom. The zero-order valence-electron chi connectivity index (χ0n) is 11.3. The van der Waals surface area contributed by atoms with Crippen molar-refractivity contribution in [3.05, 3.63) is 66.1 Å². The number of nitrogens with two attached hydrogens (primary N) is 1. The molecule has 2 heterocycles. The monoisotopic (exact) mass is 282 g/mol. The molecular formula is C15H14N4O2. The summed E-state index contributed by atoms with van der Waals surface area (Å²) < 4.78 is 10.7. The fourth-order valence-corrected chi connectivity index (χ4v) is 1.83. The molecule has 21 heavy (non-hydrogen) atoms. The van der Waals surface area contributed by atoms with Crippen molar-refractivity contribution < 1.29 is 9.26 Å². The highest BCUT2D eigenvalue weighted by atomic mass is 16.5. The molecule has 6 heteroatoms. The summed E-state index contributed by atoms with van der Waals surface area (Å²) in [5, 5.41) is 3.91. The largest absolute Gasteiger partial charge is 0.484 e. The van der Waals surface area contributed by atoms with E-state index in [1.165, 1.54) is 0 Å². The minimum atomic E-state index is 0.207. The zero-order chi connectivity index (χ0) is 14.5. The first kappa shape index (κ1) is 13.1. The van der Waals surface area contributed by atoms with Crippen molar-refractivity contribution in [1.29, 1.82) is 0 Å². The van der Waals surface area contributed by atoms with Crippen LogP contribution in [0.3, 0.4) is 0 Å². The normalized spacial score (nSPS) is 10.5. The standard InChI is InChI=1S/C15H14N4O2/c16-11-4-3-6-13(8-11)20-10-15-18-14(19-21-15)9-12-5-1-2-7-17-12/h1-8H,9-10,16H2. The first-order valence-corrected chi connectivity index (χ1v) is 6.49. The summed E-state index contributed by atoms with van der Waals surface area (Å²) in [5.41, 5.74) is 7.22. The molecule has 106 valence electrons. The number of pyridine rings is 1. The maximum absolute atomic E-state index is 5.68. The van der Waals surface area contributed by atoms with Crippen LogP contribution in [0.15, 0.2) is 53.2 Å². The number of anilines is 1. The van der Waals surface area contributed by atoms with Crippen LogP contribution in [0.1, 0.15) is 17.4 Å². The first-order chi connectivity index (χ1) is 10.3. The summed E-state index contributed by atoms with van der Waals surface area (Å²) in [7, 11) is 0. The van der Waals surface area contributed by atoms with Gasteiger partial charge < -0.3 is 15.0 Å². The molecular weight excluding hydrogens is 268 g/mol. The van der Waals surface area contributed by atoms with E-state index in [1.54, 1.807) is 18.3 Å². The van der Waals surface area contributed by atoms with Crippen LogP contribution in [-0.4, -0.2) is 15.1 Å². The third kappa shape index (κ3) is 3.56. The van der Waals surface area contributed by atoms with Gasteiger partial charge in [-0.3, -0.25) is 4.98 Å². The first-order valence-electron chi connectivity index (χ1n) is 6.49. The summed E-state index contributed by atoms with van der Waals surface area (Å²) in [4.78, 5) is 8.49. The van der Waals surface area contributed by atoms with Gasteiger partial charge in [0.05, 0.1) is 6.42 Å². The van der Waals surface area contributed by atoms with E-state index in [2.05, 4.69) is 15.1 Å². The fourth-order valence-electron chi connectivity index (χ4n) is 1.83. The van der Waals surface area contributed by atoms with Gasteiger partial charge in [-0.05, 0) is 24.3 Å².